The SMILES string of the molecule is CC(c1cccc(C(F)(F)F)c1)N(C(=O)CSCc1ccc(C#N)cc1)C1CC1. The molecule has 7 heteroatoms. The molecular formula is C22H21F3N2OS. The summed E-state index contributed by atoms with van der Waals surface area (Å²) in [4.78, 5) is 14.6. The van der Waals surface area contributed by atoms with Crippen LogP contribution in [0.1, 0.15) is 48.1 Å². The summed E-state index contributed by atoms with van der Waals surface area (Å²) < 4.78 is 39.1. The Morgan fingerprint density at radius 1 is 1.24 bits per heavy atom. The second-order valence-electron chi connectivity index (χ2n) is 7.13. The molecule has 0 N–H and O–H groups in total. The Hall–Kier alpha value is -2.46. The molecule has 152 valence electrons. The van der Waals surface area contributed by atoms with Gasteiger partial charge in [-0.2, -0.15) is 18.4 Å². The Morgan fingerprint density at radius 3 is 2.52 bits per heavy atom. The maximum Gasteiger partial charge on any atom is 0.416 e. The first-order valence-corrected chi connectivity index (χ1v) is 10.5. The molecule has 2 aromatic rings. The maximum absolute atomic E-state index is 13.0. The summed E-state index contributed by atoms with van der Waals surface area (Å²) in [7, 11) is 0. The molecule has 0 spiro atoms. The van der Waals surface area contributed by atoms with Crippen molar-refractivity contribution in [3.8, 4) is 6.07 Å². The first kappa shape index (κ1) is 21.3. The van der Waals surface area contributed by atoms with Gasteiger partial charge in [-0.25, -0.2) is 0 Å². The van der Waals surface area contributed by atoms with Crippen molar-refractivity contribution in [3.63, 3.8) is 0 Å². The van der Waals surface area contributed by atoms with Gasteiger partial charge < -0.3 is 4.90 Å². The largest absolute Gasteiger partial charge is 0.416 e. The van der Waals surface area contributed by atoms with Gasteiger partial charge in [-0.3, -0.25) is 4.79 Å². The number of rotatable bonds is 7. The van der Waals surface area contributed by atoms with Gasteiger partial charge in [0.05, 0.1) is 29.0 Å². The average Bonchev–Trinajstić information content (AvgIpc) is 3.53. The fourth-order valence-electron chi connectivity index (χ4n) is 3.23. The zero-order valence-electron chi connectivity index (χ0n) is 15.9. The third-order valence-electron chi connectivity index (χ3n) is 4.92. The molecule has 1 saturated carbocycles. The lowest BCUT2D eigenvalue weighted by atomic mass is 10.0. The van der Waals surface area contributed by atoms with E-state index in [0.29, 0.717) is 16.9 Å². The van der Waals surface area contributed by atoms with Gasteiger partial charge >= 0.3 is 6.18 Å². The Bertz CT molecular complexity index is 902. The highest BCUT2D eigenvalue weighted by Gasteiger charge is 2.37. The smallest absolute Gasteiger partial charge is 0.332 e. The van der Waals surface area contributed by atoms with Gasteiger partial charge in [0.15, 0.2) is 0 Å². The zero-order chi connectivity index (χ0) is 21.0. The van der Waals surface area contributed by atoms with Crippen molar-refractivity contribution >= 4 is 17.7 Å². The summed E-state index contributed by atoms with van der Waals surface area (Å²) in [5.41, 5.74) is 1.41. The molecule has 1 amide bonds. The molecule has 0 bridgehead atoms. The molecule has 1 aliphatic rings. The van der Waals surface area contributed by atoms with Crippen molar-refractivity contribution in [1.82, 2.24) is 4.90 Å². The van der Waals surface area contributed by atoms with E-state index in [0.717, 1.165) is 30.5 Å². The predicted molar refractivity (Wildman–Crippen MR) is 107 cm³/mol. The van der Waals surface area contributed by atoms with Crippen LogP contribution >= 0.6 is 11.8 Å². The third-order valence-corrected chi connectivity index (χ3v) is 5.91. The lowest BCUT2D eigenvalue weighted by Crippen LogP contribution is -2.37. The van der Waals surface area contributed by atoms with E-state index in [4.69, 9.17) is 5.26 Å². The summed E-state index contributed by atoms with van der Waals surface area (Å²) in [5.74, 6) is 0.837. The molecule has 0 aromatic heterocycles. The number of nitriles is 1. The number of hydrogen-bond acceptors (Lipinski definition) is 3. The number of hydrogen-bond donors (Lipinski definition) is 0. The average molecular weight is 418 g/mol. The van der Waals surface area contributed by atoms with Crippen molar-refractivity contribution in [2.24, 2.45) is 0 Å². The van der Waals surface area contributed by atoms with Crippen molar-refractivity contribution in [2.45, 2.75) is 43.8 Å². The second-order valence-corrected chi connectivity index (χ2v) is 8.12. The van der Waals surface area contributed by atoms with E-state index in [1.807, 2.05) is 12.1 Å². The van der Waals surface area contributed by atoms with Gasteiger partial charge in [-0.05, 0) is 55.2 Å². The molecule has 0 saturated heterocycles. The minimum atomic E-state index is -4.40. The summed E-state index contributed by atoms with van der Waals surface area (Å²) in [6.07, 6.45) is -2.63. The van der Waals surface area contributed by atoms with Crippen LogP contribution in [0, 0.1) is 11.3 Å². The van der Waals surface area contributed by atoms with Crippen LogP contribution in [0.4, 0.5) is 13.2 Å². The minimum Gasteiger partial charge on any atom is -0.332 e. The summed E-state index contributed by atoms with van der Waals surface area (Å²) in [5, 5.41) is 8.84. The molecule has 3 rings (SSSR count). The number of carbonyl (C=O) groups is 1. The molecule has 0 radical (unpaired) electrons. The van der Waals surface area contributed by atoms with Crippen molar-refractivity contribution < 1.29 is 18.0 Å². The van der Waals surface area contributed by atoms with E-state index < -0.39 is 17.8 Å². The number of amides is 1. The molecule has 1 atom stereocenters. The summed E-state index contributed by atoms with van der Waals surface area (Å²) in [6.45, 7) is 1.79. The fraction of sp³-hybridized carbons (Fsp3) is 0.364. The van der Waals surface area contributed by atoms with Crippen LogP contribution in [-0.4, -0.2) is 22.6 Å². The highest BCUT2D eigenvalue weighted by atomic mass is 32.2. The Balaban J connectivity index is 1.64. The van der Waals surface area contributed by atoms with Gasteiger partial charge in [0.2, 0.25) is 5.91 Å². The Kier molecular flexibility index (Phi) is 6.53. The normalized spacial score (nSPS) is 14.9. The summed E-state index contributed by atoms with van der Waals surface area (Å²) >= 11 is 1.47. The molecule has 29 heavy (non-hydrogen) atoms. The Morgan fingerprint density at radius 2 is 1.93 bits per heavy atom. The highest BCUT2D eigenvalue weighted by molar-refractivity contribution is 7.99. The number of carbonyl (C=O) groups excluding carboxylic acids is 1. The first-order chi connectivity index (χ1) is 13.8. The number of nitrogens with zero attached hydrogens (tertiary/aromatic N) is 2. The lowest BCUT2D eigenvalue weighted by Gasteiger charge is -2.30. The van der Waals surface area contributed by atoms with E-state index in [9.17, 15) is 18.0 Å². The number of halogens is 3. The third kappa shape index (κ3) is 5.54. The fourth-order valence-corrected chi connectivity index (χ4v) is 4.08. The molecule has 0 aliphatic heterocycles. The monoisotopic (exact) mass is 418 g/mol. The maximum atomic E-state index is 13.0. The van der Waals surface area contributed by atoms with E-state index >= 15 is 0 Å². The predicted octanol–water partition coefficient (Wildman–Crippen LogP) is 5.56. The van der Waals surface area contributed by atoms with E-state index in [2.05, 4.69) is 6.07 Å². The standard InChI is InChI=1S/C22H21F3N2OS/c1-15(18-3-2-4-19(11-18)22(23,24)25)27(20-9-10-20)21(28)14-29-13-17-7-5-16(12-26)6-8-17/h2-8,11,15,20H,9-10,13-14H2,1H3. The van der Waals surface area contributed by atoms with Crippen LogP contribution in [0.25, 0.3) is 0 Å². The summed E-state index contributed by atoms with van der Waals surface area (Å²) in [6, 6.07) is 14.2. The van der Waals surface area contributed by atoms with Crippen LogP contribution in [0.2, 0.25) is 0 Å². The quantitative estimate of drug-likeness (QED) is 0.591. The van der Waals surface area contributed by atoms with Gasteiger partial charge in [-0.1, -0.05) is 24.3 Å². The lowest BCUT2D eigenvalue weighted by molar-refractivity contribution is -0.137. The van der Waals surface area contributed by atoms with Gasteiger partial charge in [0, 0.05) is 11.8 Å². The first-order valence-electron chi connectivity index (χ1n) is 9.34. The van der Waals surface area contributed by atoms with Crippen LogP contribution in [0.3, 0.4) is 0 Å². The van der Waals surface area contributed by atoms with Gasteiger partial charge in [0.25, 0.3) is 0 Å². The van der Waals surface area contributed by atoms with E-state index in [1.165, 1.54) is 17.8 Å². The van der Waals surface area contributed by atoms with Crippen LogP contribution in [0.5, 0.6) is 0 Å². The van der Waals surface area contributed by atoms with Crippen molar-refractivity contribution in [2.75, 3.05) is 5.75 Å². The minimum absolute atomic E-state index is 0.0592. The number of thioether (sulfide) groups is 1. The zero-order valence-corrected chi connectivity index (χ0v) is 16.8. The number of benzene rings is 2. The van der Waals surface area contributed by atoms with Crippen molar-refractivity contribution in [1.29, 1.82) is 5.26 Å². The molecule has 1 aliphatic carbocycles. The molecule has 1 fully saturated rings. The van der Waals surface area contributed by atoms with Crippen molar-refractivity contribution in [3.05, 3.63) is 70.8 Å². The molecule has 1 unspecified atom stereocenters. The second kappa shape index (κ2) is 8.91. The van der Waals surface area contributed by atoms with Gasteiger partial charge in [-0.15, -0.1) is 11.8 Å². The molecule has 0 heterocycles. The van der Waals surface area contributed by atoms with Crippen LogP contribution in [0.15, 0.2) is 48.5 Å². The highest BCUT2D eigenvalue weighted by Crippen LogP contribution is 2.37. The van der Waals surface area contributed by atoms with Crippen LogP contribution < -0.4 is 0 Å². The number of alkyl halides is 3. The van der Waals surface area contributed by atoms with E-state index in [-0.39, 0.29) is 17.7 Å². The van der Waals surface area contributed by atoms with Gasteiger partial charge in [0.1, 0.15) is 0 Å². The molecular weight excluding hydrogens is 397 g/mol. The topological polar surface area (TPSA) is 44.1 Å². The Labute approximate surface area is 172 Å². The molecule has 2 aromatic carbocycles. The van der Waals surface area contributed by atoms with E-state index in [1.54, 1.807) is 30.0 Å². The molecule has 3 nitrogen and oxygen atoms in total. The van der Waals surface area contributed by atoms with Crippen LogP contribution in [-0.2, 0) is 16.7 Å².